The van der Waals surface area contributed by atoms with Gasteiger partial charge in [-0.3, -0.25) is 4.79 Å². The van der Waals surface area contributed by atoms with Crippen molar-refractivity contribution in [3.8, 4) is 6.07 Å². The van der Waals surface area contributed by atoms with E-state index in [2.05, 4.69) is 25.7 Å². The topological polar surface area (TPSA) is 129 Å². The van der Waals surface area contributed by atoms with Gasteiger partial charge in [-0.25, -0.2) is 14.4 Å². The molecule has 1 saturated heterocycles. The number of nitrogens with two attached hydrogens (primary N) is 1. The maximum Gasteiger partial charge on any atom is 0.252 e. The Morgan fingerprint density at radius 3 is 2.83 bits per heavy atom. The zero-order valence-electron chi connectivity index (χ0n) is 18.7. The highest BCUT2D eigenvalue weighted by atomic mass is 19.1. The van der Waals surface area contributed by atoms with Crippen LogP contribution in [0.3, 0.4) is 0 Å². The minimum Gasteiger partial charge on any atom is -0.381 e. The van der Waals surface area contributed by atoms with Gasteiger partial charge >= 0.3 is 0 Å². The first-order chi connectivity index (χ1) is 17.1. The molecule has 1 aromatic heterocycles. The van der Waals surface area contributed by atoms with Gasteiger partial charge < -0.3 is 15.4 Å². The Hall–Kier alpha value is -4.20. The summed E-state index contributed by atoms with van der Waals surface area (Å²) >= 11 is 0. The van der Waals surface area contributed by atoms with Crippen molar-refractivity contribution < 1.29 is 19.3 Å². The highest BCUT2D eigenvalue weighted by Gasteiger charge is 2.24. The van der Waals surface area contributed by atoms with Crippen molar-refractivity contribution in [3.05, 3.63) is 76.9 Å². The average molecular weight is 473 g/mol. The van der Waals surface area contributed by atoms with Crippen LogP contribution in [0.4, 0.5) is 10.3 Å². The summed E-state index contributed by atoms with van der Waals surface area (Å²) in [4.78, 5) is 22.2. The third-order valence-corrected chi connectivity index (χ3v) is 6.03. The molecule has 2 aliphatic rings. The number of halogens is 1. The number of hydrogen-bond donors (Lipinski definition) is 3. The summed E-state index contributed by atoms with van der Waals surface area (Å²) in [5, 5.41) is 20.2. The first-order valence-electron chi connectivity index (χ1n) is 11.3. The number of anilines is 1. The molecule has 0 spiro atoms. The minimum absolute atomic E-state index is 0.0566. The molecular weight excluding hydrogens is 449 g/mol. The zero-order valence-corrected chi connectivity index (χ0v) is 18.7. The molecule has 0 radical (unpaired) electrons. The maximum absolute atomic E-state index is 14.3. The van der Waals surface area contributed by atoms with Crippen LogP contribution in [0, 0.1) is 17.1 Å². The molecule has 5 rings (SSSR count). The highest BCUT2D eigenvalue weighted by Crippen LogP contribution is 2.24. The van der Waals surface area contributed by atoms with Gasteiger partial charge in [-0.05, 0) is 42.7 Å². The van der Waals surface area contributed by atoms with E-state index in [0.717, 1.165) is 18.2 Å². The number of ether oxygens (including phenoxy) is 1. The number of benzene rings is 2. The molecule has 10 heteroatoms. The normalized spacial score (nSPS) is 16.5. The minimum atomic E-state index is -0.643. The number of carbonyl (C=O) groups is 1. The largest absolute Gasteiger partial charge is 0.381 e. The maximum atomic E-state index is 14.3. The van der Waals surface area contributed by atoms with Gasteiger partial charge in [0, 0.05) is 36.4 Å². The Labute approximate surface area is 200 Å². The van der Waals surface area contributed by atoms with E-state index in [-0.39, 0.29) is 17.5 Å². The van der Waals surface area contributed by atoms with E-state index >= 15 is 0 Å². The number of carbonyl (C=O) groups excluding carboxylic acids is 1. The van der Waals surface area contributed by atoms with Crippen LogP contribution in [-0.2, 0) is 4.74 Å². The molecule has 1 fully saturated rings. The molecule has 2 aliphatic heterocycles. The second-order valence-corrected chi connectivity index (χ2v) is 8.35. The molecule has 0 bridgehead atoms. The Kier molecular flexibility index (Phi) is 6.43. The van der Waals surface area contributed by atoms with Crippen LogP contribution in [0.15, 0.2) is 59.5 Å². The van der Waals surface area contributed by atoms with Crippen LogP contribution in [-0.4, -0.2) is 41.3 Å². The van der Waals surface area contributed by atoms with Crippen molar-refractivity contribution in [2.75, 3.05) is 18.5 Å². The summed E-state index contributed by atoms with van der Waals surface area (Å²) < 4.78 is 19.7. The van der Waals surface area contributed by atoms with Crippen molar-refractivity contribution in [2.45, 2.75) is 24.9 Å². The SMILES string of the molecule is N#Cc1ccc([C@@H](NC(=O)c2ccc3cnc(NC4CCOCC4)nc3c2)C2=C[NH2+]N=C2)cc1F. The fourth-order valence-corrected chi connectivity index (χ4v) is 4.11. The molecule has 0 unspecified atom stereocenters. The molecule has 35 heavy (non-hydrogen) atoms. The number of nitrogens with zero attached hydrogens (tertiary/aromatic N) is 4. The second kappa shape index (κ2) is 9.97. The molecule has 3 aromatic rings. The Morgan fingerprint density at radius 2 is 2.09 bits per heavy atom. The van der Waals surface area contributed by atoms with E-state index in [9.17, 15) is 9.18 Å². The molecule has 9 nitrogen and oxygen atoms in total. The lowest BCUT2D eigenvalue weighted by Gasteiger charge is -2.23. The van der Waals surface area contributed by atoms with Crippen LogP contribution >= 0.6 is 0 Å². The Balaban J connectivity index is 1.39. The number of nitriles is 1. The van der Waals surface area contributed by atoms with Crippen LogP contribution in [0.2, 0.25) is 0 Å². The van der Waals surface area contributed by atoms with Crippen LogP contribution in [0.1, 0.15) is 40.4 Å². The Morgan fingerprint density at radius 1 is 1.23 bits per heavy atom. The summed E-state index contributed by atoms with van der Waals surface area (Å²) in [6.07, 6.45) is 6.87. The number of nitrogens with one attached hydrogen (secondary N) is 2. The van der Waals surface area contributed by atoms with Gasteiger partial charge in [-0.2, -0.15) is 10.7 Å². The van der Waals surface area contributed by atoms with Crippen LogP contribution in [0.5, 0.6) is 0 Å². The van der Waals surface area contributed by atoms with Gasteiger partial charge in [0.05, 0.1) is 28.9 Å². The molecule has 3 heterocycles. The second-order valence-electron chi connectivity index (χ2n) is 8.35. The lowest BCUT2D eigenvalue weighted by atomic mass is 9.98. The number of aromatic nitrogens is 2. The average Bonchev–Trinajstić information content (AvgIpc) is 3.42. The van der Waals surface area contributed by atoms with Crippen LogP contribution in [0.25, 0.3) is 10.9 Å². The highest BCUT2D eigenvalue weighted by molar-refractivity contribution is 5.98. The molecule has 2 aromatic carbocycles. The lowest BCUT2D eigenvalue weighted by Crippen LogP contribution is -2.69. The van der Waals surface area contributed by atoms with Crippen molar-refractivity contribution in [1.82, 2.24) is 15.3 Å². The third kappa shape index (κ3) is 5.01. The predicted octanol–water partition coefficient (Wildman–Crippen LogP) is 2.15. The van der Waals surface area contributed by atoms with Crippen LogP contribution < -0.4 is 16.1 Å². The quantitative estimate of drug-likeness (QED) is 0.472. The van der Waals surface area contributed by atoms with E-state index in [1.54, 1.807) is 48.3 Å². The predicted molar refractivity (Wildman–Crippen MR) is 127 cm³/mol. The van der Waals surface area contributed by atoms with E-state index in [4.69, 9.17) is 10.00 Å². The third-order valence-electron chi connectivity index (χ3n) is 6.03. The number of fused-ring (bicyclic) bond motifs is 1. The summed E-state index contributed by atoms with van der Waals surface area (Å²) in [5.41, 5.74) is 3.81. The van der Waals surface area contributed by atoms with Gasteiger partial charge in [-0.1, -0.05) is 17.2 Å². The first kappa shape index (κ1) is 22.6. The Bertz CT molecular complexity index is 1380. The zero-order chi connectivity index (χ0) is 24.2. The summed E-state index contributed by atoms with van der Waals surface area (Å²) in [5.74, 6) is -0.480. The molecule has 176 valence electrons. The van der Waals surface area contributed by atoms with Gasteiger partial charge in [-0.15, -0.1) is 0 Å². The summed E-state index contributed by atoms with van der Waals surface area (Å²) in [6, 6.07) is 10.9. The molecule has 1 amide bonds. The monoisotopic (exact) mass is 472 g/mol. The van der Waals surface area contributed by atoms with E-state index in [1.165, 1.54) is 12.1 Å². The van der Waals surface area contributed by atoms with Crippen molar-refractivity contribution in [2.24, 2.45) is 5.10 Å². The van der Waals surface area contributed by atoms with Crippen molar-refractivity contribution >= 4 is 29.0 Å². The van der Waals surface area contributed by atoms with E-state index < -0.39 is 11.9 Å². The van der Waals surface area contributed by atoms with Gasteiger partial charge in [0.25, 0.3) is 5.91 Å². The number of hydrogen-bond acceptors (Lipinski definition) is 7. The van der Waals surface area contributed by atoms with Gasteiger partial charge in [0.15, 0.2) is 0 Å². The van der Waals surface area contributed by atoms with Crippen molar-refractivity contribution in [3.63, 3.8) is 0 Å². The van der Waals surface area contributed by atoms with Crippen molar-refractivity contribution in [1.29, 1.82) is 5.26 Å². The number of quaternary nitrogens is 1. The fraction of sp³-hybridized carbons (Fsp3) is 0.240. The number of rotatable bonds is 6. The molecule has 1 atom stereocenters. The standard InChI is InChI=1S/C25H22FN7O2/c26-21-9-15(1-3-17(21)11-27)23(19-13-29-30-14-19)33-24(34)16-2-4-18-12-28-25(32-22(18)10-16)31-20-5-7-35-8-6-20/h1-4,9-10,12-14,20,23H,5-8H2,(H,29,30)(H,33,34)(H,28,31,32)/p+1/t23-/m1/s1. The molecule has 0 aliphatic carbocycles. The van der Waals surface area contributed by atoms with E-state index in [1.807, 2.05) is 6.07 Å². The summed E-state index contributed by atoms with van der Waals surface area (Å²) in [6.45, 7) is 1.41. The number of amides is 1. The van der Waals surface area contributed by atoms with E-state index in [0.29, 0.717) is 41.4 Å². The van der Waals surface area contributed by atoms with Gasteiger partial charge in [0.1, 0.15) is 18.1 Å². The smallest absolute Gasteiger partial charge is 0.252 e. The molecule has 0 saturated carbocycles. The van der Waals surface area contributed by atoms with Gasteiger partial charge in [0.2, 0.25) is 5.95 Å². The summed E-state index contributed by atoms with van der Waals surface area (Å²) in [7, 11) is 0. The molecular formula is C25H23FN7O2+. The lowest BCUT2D eigenvalue weighted by molar-refractivity contribution is -0.590. The molecule has 4 N–H and O–H groups in total. The first-order valence-corrected chi connectivity index (χ1v) is 11.3. The fourth-order valence-electron chi connectivity index (χ4n) is 4.11.